The van der Waals surface area contributed by atoms with Crippen LogP contribution >= 0.6 is 0 Å². The topological polar surface area (TPSA) is 50.4 Å². The lowest BCUT2D eigenvalue weighted by molar-refractivity contribution is 0.0636. The average molecular weight is 254 g/mol. The zero-order valence-electron chi connectivity index (χ0n) is 11.1. The van der Waals surface area contributed by atoms with Crippen LogP contribution in [0.4, 0.5) is 20.6 Å². The smallest absolute Gasteiger partial charge is 0.412 e. The first-order chi connectivity index (χ1) is 8.31. The summed E-state index contributed by atoms with van der Waals surface area (Å²) < 4.78 is 18.3. The third-order valence-corrected chi connectivity index (χ3v) is 1.98. The lowest BCUT2D eigenvalue weighted by Gasteiger charge is -2.20. The Morgan fingerprint density at radius 2 is 2.00 bits per heavy atom. The van der Waals surface area contributed by atoms with Crippen molar-refractivity contribution in [2.45, 2.75) is 33.3 Å². The van der Waals surface area contributed by atoms with Gasteiger partial charge < -0.3 is 10.1 Å². The minimum atomic E-state index is -0.604. The molecule has 0 aliphatic rings. The van der Waals surface area contributed by atoms with Gasteiger partial charge in [-0.05, 0) is 45.9 Å². The molecule has 1 amide bonds. The molecule has 1 aromatic carbocycles. The van der Waals surface area contributed by atoms with Gasteiger partial charge in [0.1, 0.15) is 11.4 Å². The standard InChI is InChI=1S/C13H19FN2O2/c1-5-15-10-7-6-9(14)8-11(10)16-12(17)18-13(2,3)4/h6-8,15H,5H2,1-4H3,(H,16,17). The number of rotatable bonds is 3. The van der Waals surface area contributed by atoms with E-state index in [1.165, 1.54) is 12.1 Å². The maximum Gasteiger partial charge on any atom is 0.412 e. The molecule has 1 aromatic rings. The van der Waals surface area contributed by atoms with Gasteiger partial charge in [0.25, 0.3) is 0 Å². The summed E-state index contributed by atoms with van der Waals surface area (Å²) in [5.74, 6) is -0.414. The second-order valence-corrected chi connectivity index (χ2v) is 4.85. The van der Waals surface area contributed by atoms with Gasteiger partial charge in [-0.25, -0.2) is 9.18 Å². The zero-order chi connectivity index (χ0) is 13.8. The first kappa shape index (κ1) is 14.3. The second-order valence-electron chi connectivity index (χ2n) is 4.85. The van der Waals surface area contributed by atoms with Crippen LogP contribution in [0.25, 0.3) is 0 Å². The van der Waals surface area contributed by atoms with E-state index in [9.17, 15) is 9.18 Å². The Morgan fingerprint density at radius 1 is 1.33 bits per heavy atom. The molecule has 5 heteroatoms. The highest BCUT2D eigenvalue weighted by molar-refractivity contribution is 5.89. The summed E-state index contributed by atoms with van der Waals surface area (Å²) in [7, 11) is 0. The number of benzene rings is 1. The molecule has 2 N–H and O–H groups in total. The van der Waals surface area contributed by atoms with Crippen LogP contribution in [0.5, 0.6) is 0 Å². The van der Waals surface area contributed by atoms with Crippen molar-refractivity contribution in [3.05, 3.63) is 24.0 Å². The van der Waals surface area contributed by atoms with Crippen LogP contribution in [0.1, 0.15) is 27.7 Å². The normalized spacial score (nSPS) is 10.9. The summed E-state index contributed by atoms with van der Waals surface area (Å²) in [6.07, 6.45) is -0.604. The van der Waals surface area contributed by atoms with Gasteiger partial charge in [-0.1, -0.05) is 0 Å². The molecule has 0 saturated carbocycles. The summed E-state index contributed by atoms with van der Waals surface area (Å²) in [5, 5.41) is 5.56. The number of anilines is 2. The number of ether oxygens (including phenoxy) is 1. The first-order valence-corrected chi connectivity index (χ1v) is 5.85. The van der Waals surface area contributed by atoms with Crippen molar-refractivity contribution in [1.29, 1.82) is 0 Å². The summed E-state index contributed by atoms with van der Waals surface area (Å²) in [5.41, 5.74) is 0.436. The molecule has 0 spiro atoms. The van der Waals surface area contributed by atoms with E-state index in [0.717, 1.165) is 0 Å². The Bertz CT molecular complexity index is 427. The minimum absolute atomic E-state index is 0.367. The predicted octanol–water partition coefficient (Wildman–Crippen LogP) is 3.60. The van der Waals surface area contributed by atoms with E-state index in [4.69, 9.17) is 4.74 Å². The van der Waals surface area contributed by atoms with Gasteiger partial charge in [-0.3, -0.25) is 5.32 Å². The van der Waals surface area contributed by atoms with Gasteiger partial charge in [0.05, 0.1) is 11.4 Å². The van der Waals surface area contributed by atoms with Crippen molar-refractivity contribution in [3.63, 3.8) is 0 Å². The maximum absolute atomic E-state index is 13.2. The molecule has 18 heavy (non-hydrogen) atoms. The van der Waals surface area contributed by atoms with Crippen molar-refractivity contribution in [2.75, 3.05) is 17.2 Å². The van der Waals surface area contributed by atoms with E-state index in [2.05, 4.69) is 10.6 Å². The fraction of sp³-hybridized carbons (Fsp3) is 0.462. The van der Waals surface area contributed by atoms with Crippen molar-refractivity contribution in [1.82, 2.24) is 0 Å². The second kappa shape index (κ2) is 5.71. The van der Waals surface area contributed by atoms with Crippen LogP contribution in [0.3, 0.4) is 0 Å². The Kier molecular flexibility index (Phi) is 4.53. The summed E-state index contributed by atoms with van der Waals surface area (Å²) >= 11 is 0. The van der Waals surface area contributed by atoms with Crippen LogP contribution in [0, 0.1) is 5.82 Å². The molecule has 100 valence electrons. The molecule has 0 unspecified atom stereocenters. The number of nitrogens with one attached hydrogen (secondary N) is 2. The van der Waals surface area contributed by atoms with E-state index in [1.807, 2.05) is 6.92 Å². The van der Waals surface area contributed by atoms with E-state index in [-0.39, 0.29) is 0 Å². The average Bonchev–Trinajstić information content (AvgIpc) is 2.19. The largest absolute Gasteiger partial charge is 0.444 e. The van der Waals surface area contributed by atoms with E-state index >= 15 is 0 Å². The SMILES string of the molecule is CCNc1ccc(F)cc1NC(=O)OC(C)(C)C. The van der Waals surface area contributed by atoms with Crippen molar-refractivity contribution < 1.29 is 13.9 Å². The van der Waals surface area contributed by atoms with Crippen molar-refractivity contribution >= 4 is 17.5 Å². The number of carbonyl (C=O) groups is 1. The van der Waals surface area contributed by atoms with E-state index in [0.29, 0.717) is 17.9 Å². The summed E-state index contributed by atoms with van der Waals surface area (Å²) in [6.45, 7) is 7.89. The van der Waals surface area contributed by atoms with Crippen LogP contribution < -0.4 is 10.6 Å². The highest BCUT2D eigenvalue weighted by Gasteiger charge is 2.17. The molecule has 0 atom stereocenters. The van der Waals surface area contributed by atoms with Gasteiger partial charge >= 0.3 is 6.09 Å². The zero-order valence-corrected chi connectivity index (χ0v) is 11.1. The van der Waals surface area contributed by atoms with Crippen LogP contribution in [0.2, 0.25) is 0 Å². The number of amides is 1. The molecule has 1 rings (SSSR count). The fourth-order valence-corrected chi connectivity index (χ4v) is 1.38. The number of halogens is 1. The van der Waals surface area contributed by atoms with Gasteiger partial charge in [0, 0.05) is 6.54 Å². The van der Waals surface area contributed by atoms with Crippen molar-refractivity contribution in [2.24, 2.45) is 0 Å². The minimum Gasteiger partial charge on any atom is -0.444 e. The molecular weight excluding hydrogens is 235 g/mol. The van der Waals surface area contributed by atoms with Crippen LogP contribution in [-0.4, -0.2) is 18.2 Å². The third kappa shape index (κ3) is 4.61. The van der Waals surface area contributed by atoms with E-state index < -0.39 is 17.5 Å². The third-order valence-electron chi connectivity index (χ3n) is 1.98. The fourth-order valence-electron chi connectivity index (χ4n) is 1.38. The van der Waals surface area contributed by atoms with Crippen LogP contribution in [0.15, 0.2) is 18.2 Å². The molecular formula is C13H19FN2O2. The molecule has 0 fully saturated rings. The summed E-state index contributed by atoms with van der Waals surface area (Å²) in [4.78, 5) is 11.6. The number of carbonyl (C=O) groups excluding carboxylic acids is 1. The van der Waals surface area contributed by atoms with Gasteiger partial charge in [0.15, 0.2) is 0 Å². The first-order valence-electron chi connectivity index (χ1n) is 5.85. The number of hydrogen-bond donors (Lipinski definition) is 2. The highest BCUT2D eigenvalue weighted by Crippen LogP contribution is 2.23. The Labute approximate surface area is 107 Å². The number of hydrogen-bond acceptors (Lipinski definition) is 3. The Morgan fingerprint density at radius 3 is 2.56 bits per heavy atom. The van der Waals surface area contributed by atoms with Gasteiger partial charge in [-0.15, -0.1) is 0 Å². The highest BCUT2D eigenvalue weighted by atomic mass is 19.1. The molecule has 0 bridgehead atoms. The molecule has 4 nitrogen and oxygen atoms in total. The quantitative estimate of drug-likeness (QED) is 0.866. The van der Waals surface area contributed by atoms with Crippen molar-refractivity contribution in [3.8, 4) is 0 Å². The van der Waals surface area contributed by atoms with Crippen LogP contribution in [-0.2, 0) is 4.74 Å². The molecule has 0 saturated heterocycles. The lowest BCUT2D eigenvalue weighted by Crippen LogP contribution is -2.27. The lowest BCUT2D eigenvalue weighted by atomic mass is 10.2. The Balaban J connectivity index is 2.82. The monoisotopic (exact) mass is 254 g/mol. The predicted molar refractivity (Wildman–Crippen MR) is 70.4 cm³/mol. The molecule has 0 aliphatic carbocycles. The summed E-state index contributed by atoms with van der Waals surface area (Å²) in [6, 6.07) is 4.16. The molecule has 0 radical (unpaired) electrons. The molecule has 0 aliphatic heterocycles. The Hall–Kier alpha value is -1.78. The van der Waals surface area contributed by atoms with E-state index in [1.54, 1.807) is 26.8 Å². The molecule has 0 heterocycles. The van der Waals surface area contributed by atoms with Gasteiger partial charge in [0.2, 0.25) is 0 Å². The maximum atomic E-state index is 13.2. The van der Waals surface area contributed by atoms with Gasteiger partial charge in [-0.2, -0.15) is 0 Å². The molecule has 0 aromatic heterocycles.